The Morgan fingerprint density at radius 1 is 0.967 bits per heavy atom. The summed E-state index contributed by atoms with van der Waals surface area (Å²) in [5.74, 6) is -0.247. The molecule has 3 aromatic rings. The maximum Gasteiger partial charge on any atom is 0.251 e. The zero-order valence-electron chi connectivity index (χ0n) is 17.0. The lowest BCUT2D eigenvalue weighted by Gasteiger charge is -2.26. The number of para-hydroxylation sites is 1. The highest BCUT2D eigenvalue weighted by Crippen LogP contribution is 2.21. The molecule has 7 heteroatoms. The number of hydrogen-bond donors (Lipinski definition) is 1. The minimum atomic E-state index is -3.54. The molecule has 1 fully saturated rings. The maximum absolute atomic E-state index is 12.9. The first-order chi connectivity index (χ1) is 14.6. The molecule has 1 aliphatic heterocycles. The van der Waals surface area contributed by atoms with Crippen molar-refractivity contribution in [3.05, 3.63) is 66.4 Å². The van der Waals surface area contributed by atoms with Crippen molar-refractivity contribution >= 4 is 26.8 Å². The van der Waals surface area contributed by atoms with E-state index >= 15 is 0 Å². The molecular formula is C23H27N3O3S. The summed E-state index contributed by atoms with van der Waals surface area (Å²) in [6.45, 7) is 2.42. The fourth-order valence-electron chi connectivity index (χ4n) is 3.94. The summed E-state index contributed by atoms with van der Waals surface area (Å²) in [5, 5.41) is 4.11. The molecule has 1 saturated heterocycles. The van der Waals surface area contributed by atoms with E-state index in [2.05, 4.69) is 34.3 Å². The predicted octanol–water partition coefficient (Wildman–Crippen LogP) is 3.64. The van der Waals surface area contributed by atoms with Crippen molar-refractivity contribution in [2.75, 3.05) is 19.6 Å². The van der Waals surface area contributed by atoms with Gasteiger partial charge in [-0.25, -0.2) is 8.42 Å². The number of benzene rings is 2. The van der Waals surface area contributed by atoms with Crippen molar-refractivity contribution in [3.63, 3.8) is 0 Å². The molecule has 0 spiro atoms. The zero-order chi connectivity index (χ0) is 21.0. The average molecular weight is 426 g/mol. The largest absolute Gasteiger partial charge is 0.352 e. The standard InChI is InChI=1S/C23H27N3O3S/c27-23(24-13-7-14-25-17-12-19-8-2-3-11-22(19)25)20-9-6-10-21(18-20)30(28,29)26-15-4-1-5-16-26/h2-3,6,8-12,17-18H,1,4-5,7,13-16H2,(H,24,27). The van der Waals surface area contributed by atoms with Crippen LogP contribution in [-0.4, -0.2) is 42.8 Å². The van der Waals surface area contributed by atoms with Crippen molar-refractivity contribution in [2.45, 2.75) is 37.1 Å². The molecule has 2 aromatic carbocycles. The molecule has 158 valence electrons. The van der Waals surface area contributed by atoms with Crippen molar-refractivity contribution in [2.24, 2.45) is 0 Å². The molecule has 0 unspecified atom stereocenters. The first-order valence-electron chi connectivity index (χ1n) is 10.5. The maximum atomic E-state index is 12.9. The first kappa shape index (κ1) is 20.6. The van der Waals surface area contributed by atoms with Gasteiger partial charge < -0.3 is 9.88 Å². The average Bonchev–Trinajstić information content (AvgIpc) is 3.20. The monoisotopic (exact) mass is 425 g/mol. The second kappa shape index (κ2) is 9.02. The molecule has 1 aliphatic rings. The molecule has 6 nitrogen and oxygen atoms in total. The van der Waals surface area contributed by atoms with Crippen LogP contribution in [0.25, 0.3) is 10.9 Å². The van der Waals surface area contributed by atoms with Crippen LogP contribution in [0.4, 0.5) is 0 Å². The van der Waals surface area contributed by atoms with E-state index in [0.29, 0.717) is 25.2 Å². The molecule has 2 heterocycles. The van der Waals surface area contributed by atoms with Gasteiger partial charge in [0.05, 0.1) is 4.90 Å². The van der Waals surface area contributed by atoms with Crippen LogP contribution in [0.3, 0.4) is 0 Å². The van der Waals surface area contributed by atoms with E-state index in [4.69, 9.17) is 0 Å². The van der Waals surface area contributed by atoms with E-state index in [9.17, 15) is 13.2 Å². The summed E-state index contributed by atoms with van der Waals surface area (Å²) >= 11 is 0. The molecule has 1 amide bonds. The van der Waals surface area contributed by atoms with Gasteiger partial charge in [-0.1, -0.05) is 30.7 Å². The van der Waals surface area contributed by atoms with Gasteiger partial charge in [0.15, 0.2) is 0 Å². The number of aryl methyl sites for hydroxylation is 1. The van der Waals surface area contributed by atoms with Crippen molar-refractivity contribution in [3.8, 4) is 0 Å². The molecule has 1 aromatic heterocycles. The van der Waals surface area contributed by atoms with Crippen molar-refractivity contribution < 1.29 is 13.2 Å². The Labute approximate surface area is 177 Å². The number of sulfonamides is 1. The molecule has 30 heavy (non-hydrogen) atoms. The number of amides is 1. The van der Waals surface area contributed by atoms with Crippen LogP contribution in [-0.2, 0) is 16.6 Å². The molecule has 0 atom stereocenters. The SMILES string of the molecule is O=C(NCCCn1ccc2ccccc21)c1cccc(S(=O)(=O)N2CCCCC2)c1. The van der Waals surface area contributed by atoms with Gasteiger partial charge in [0.25, 0.3) is 5.91 Å². The molecule has 4 rings (SSSR count). The van der Waals surface area contributed by atoms with E-state index in [1.165, 1.54) is 21.3 Å². The number of aromatic nitrogens is 1. The summed E-state index contributed by atoms with van der Waals surface area (Å²) in [6, 6.07) is 16.6. The van der Waals surface area contributed by atoms with Crippen LogP contribution in [0.2, 0.25) is 0 Å². The van der Waals surface area contributed by atoms with Crippen LogP contribution < -0.4 is 5.32 Å². The van der Waals surface area contributed by atoms with E-state index < -0.39 is 10.0 Å². The number of fused-ring (bicyclic) bond motifs is 1. The molecule has 0 aliphatic carbocycles. The highest BCUT2D eigenvalue weighted by atomic mass is 32.2. The molecule has 1 N–H and O–H groups in total. The lowest BCUT2D eigenvalue weighted by atomic mass is 10.2. The van der Waals surface area contributed by atoms with E-state index in [0.717, 1.165) is 32.2 Å². The van der Waals surface area contributed by atoms with E-state index in [-0.39, 0.29) is 10.8 Å². The molecular weight excluding hydrogens is 398 g/mol. The quantitative estimate of drug-likeness (QED) is 0.588. The highest BCUT2D eigenvalue weighted by Gasteiger charge is 2.26. The summed E-state index contributed by atoms with van der Waals surface area (Å²) in [5.41, 5.74) is 1.55. The third kappa shape index (κ3) is 4.42. The normalized spacial score (nSPS) is 15.3. The predicted molar refractivity (Wildman–Crippen MR) is 118 cm³/mol. The Morgan fingerprint density at radius 2 is 1.77 bits per heavy atom. The third-order valence-electron chi connectivity index (χ3n) is 5.59. The number of carbonyl (C=O) groups excluding carboxylic acids is 1. The topological polar surface area (TPSA) is 71.4 Å². The number of hydrogen-bond acceptors (Lipinski definition) is 3. The minimum Gasteiger partial charge on any atom is -0.352 e. The van der Waals surface area contributed by atoms with Gasteiger partial charge in [-0.05, 0) is 55.0 Å². The van der Waals surface area contributed by atoms with Crippen molar-refractivity contribution in [1.82, 2.24) is 14.2 Å². The van der Waals surface area contributed by atoms with Gasteiger partial charge in [-0.3, -0.25) is 4.79 Å². The fourth-order valence-corrected chi connectivity index (χ4v) is 5.50. The van der Waals surface area contributed by atoms with Gasteiger partial charge in [0.2, 0.25) is 10.0 Å². The Balaban J connectivity index is 1.35. The molecule has 0 saturated carbocycles. The molecule has 0 bridgehead atoms. The second-order valence-corrected chi connectivity index (χ2v) is 9.61. The van der Waals surface area contributed by atoms with Gasteiger partial charge in [0.1, 0.15) is 0 Å². The lowest BCUT2D eigenvalue weighted by molar-refractivity contribution is 0.0952. The molecule has 0 radical (unpaired) electrons. The van der Waals surface area contributed by atoms with Gasteiger partial charge in [-0.15, -0.1) is 0 Å². The number of rotatable bonds is 7. The van der Waals surface area contributed by atoms with Crippen LogP contribution in [0.1, 0.15) is 36.0 Å². The Kier molecular flexibility index (Phi) is 6.20. The van der Waals surface area contributed by atoms with Gasteiger partial charge >= 0.3 is 0 Å². The Morgan fingerprint density at radius 3 is 2.60 bits per heavy atom. The highest BCUT2D eigenvalue weighted by molar-refractivity contribution is 7.89. The summed E-state index contributed by atoms with van der Waals surface area (Å²) in [7, 11) is -3.54. The smallest absolute Gasteiger partial charge is 0.251 e. The first-order valence-corrected chi connectivity index (χ1v) is 11.9. The van der Waals surface area contributed by atoms with Crippen LogP contribution >= 0.6 is 0 Å². The van der Waals surface area contributed by atoms with Gasteiger partial charge in [-0.2, -0.15) is 4.31 Å². The lowest BCUT2D eigenvalue weighted by Crippen LogP contribution is -2.35. The van der Waals surface area contributed by atoms with Crippen molar-refractivity contribution in [1.29, 1.82) is 0 Å². The van der Waals surface area contributed by atoms with Crippen LogP contribution in [0.15, 0.2) is 65.7 Å². The van der Waals surface area contributed by atoms with Crippen LogP contribution in [0, 0.1) is 0 Å². The summed E-state index contributed by atoms with van der Waals surface area (Å²) in [6.07, 6.45) is 5.68. The number of carbonyl (C=O) groups is 1. The second-order valence-electron chi connectivity index (χ2n) is 7.67. The number of piperidine rings is 1. The number of nitrogens with zero attached hydrogens (tertiary/aromatic N) is 2. The van der Waals surface area contributed by atoms with E-state index in [1.807, 2.05) is 12.1 Å². The zero-order valence-corrected chi connectivity index (χ0v) is 17.8. The fraction of sp³-hybridized carbons (Fsp3) is 0.348. The van der Waals surface area contributed by atoms with Gasteiger partial charge in [0, 0.05) is 43.5 Å². The van der Waals surface area contributed by atoms with Crippen LogP contribution in [0.5, 0.6) is 0 Å². The number of nitrogens with one attached hydrogen (secondary N) is 1. The minimum absolute atomic E-state index is 0.191. The third-order valence-corrected chi connectivity index (χ3v) is 7.49. The van der Waals surface area contributed by atoms with E-state index in [1.54, 1.807) is 18.2 Å². The summed E-state index contributed by atoms with van der Waals surface area (Å²) in [4.78, 5) is 12.7. The Bertz CT molecular complexity index is 1130. The summed E-state index contributed by atoms with van der Waals surface area (Å²) < 4.78 is 29.4. The Hall–Kier alpha value is -2.64.